The Morgan fingerprint density at radius 2 is 1.39 bits per heavy atom. The molecule has 0 bridgehead atoms. The Kier molecular flexibility index (Phi) is 25.8. The molecule has 1 aromatic carbocycles. The Bertz CT molecular complexity index is 3010. The fourth-order valence-electron chi connectivity index (χ4n) is 10.9. The number of esters is 1. The zero-order chi connectivity index (χ0) is 62.8. The number of aliphatic imine (C=N–C) groups is 1. The van der Waals surface area contributed by atoms with Gasteiger partial charge in [0.25, 0.3) is 11.5 Å². The van der Waals surface area contributed by atoms with E-state index >= 15 is 4.39 Å². The summed E-state index contributed by atoms with van der Waals surface area (Å²) in [7, 11) is 0. The van der Waals surface area contributed by atoms with Crippen LogP contribution < -0.4 is 21.5 Å². The smallest absolute Gasteiger partial charge is 0.343 e. The summed E-state index contributed by atoms with van der Waals surface area (Å²) < 4.78 is 66.4. The van der Waals surface area contributed by atoms with Gasteiger partial charge in [-0.05, 0) is 61.8 Å². The molecule has 5 N–H and O–H groups in total. The lowest BCUT2D eigenvalue weighted by Crippen LogP contribution is -2.49. The number of aliphatic hydroxyl groups excluding tert-OH is 1. The van der Waals surface area contributed by atoms with Crippen LogP contribution in [-0.4, -0.2) is 197 Å². The van der Waals surface area contributed by atoms with Crippen LogP contribution in [0.4, 0.5) is 4.39 Å². The van der Waals surface area contributed by atoms with E-state index in [-0.39, 0.29) is 105 Å². The fraction of sp³-hybridized carbons (Fsp3) is 0.656. The zero-order valence-corrected chi connectivity index (χ0v) is 51.1. The molecule has 0 spiro atoms. The molecule has 7 rings (SSSR count). The molecule has 25 nitrogen and oxygen atoms in total. The molecular weight excluding hydrogens is 1140 g/mol. The Morgan fingerprint density at radius 1 is 0.816 bits per heavy atom. The number of aryl methyl sites for hydroxylation is 1. The molecule has 4 aliphatic rings. The minimum Gasteiger partial charge on any atom is -0.458 e. The number of likely N-dealkylation sites (tertiary alicyclic amines) is 1. The van der Waals surface area contributed by atoms with Gasteiger partial charge in [0, 0.05) is 66.8 Å². The van der Waals surface area contributed by atoms with Gasteiger partial charge in [0.15, 0.2) is 5.60 Å². The molecule has 3 aromatic rings. The maximum Gasteiger partial charge on any atom is 0.343 e. The molecule has 0 saturated carbocycles. The molecule has 2 unspecified atom stereocenters. The Labute approximate surface area is 505 Å². The van der Waals surface area contributed by atoms with Crippen LogP contribution in [0.2, 0.25) is 0 Å². The van der Waals surface area contributed by atoms with Crippen LogP contribution in [0.3, 0.4) is 0 Å². The molecule has 0 radical (unpaired) electrons. The van der Waals surface area contributed by atoms with Crippen LogP contribution in [0.25, 0.3) is 22.3 Å². The molecule has 1 aliphatic carbocycles. The van der Waals surface area contributed by atoms with Crippen molar-refractivity contribution in [2.45, 2.75) is 124 Å². The molecule has 480 valence electrons. The first kappa shape index (κ1) is 68.3. The number of halogens is 1. The van der Waals surface area contributed by atoms with Crippen LogP contribution in [0, 0.1) is 30.5 Å². The predicted molar refractivity (Wildman–Crippen MR) is 313 cm³/mol. The standard InChI is InChI=1S/C61H86FN7O18/c1-8-61(78)44-32-48-55-42(34-69(48)59(76)43(44)35-87-60(61)77)53-46(10-9-40-38(6)45(62)33-47(65-55)52(40)53)66-56(73)39(7)64-57(74)54(37(4)5)67-50(71)12-15-79-17-19-81-21-23-83-25-27-85-29-30-86-28-26-84-24-22-82-20-18-80-16-13-63-49(70)11-14-68-51(72)31-41(36(2)3)58(68)75/h32-33,36-37,39,41,46,50,71,78H,8-31,34-35H2,1-7H3,(H,63,70)(H,64,74)(H,66,73)/b67-54+/t39-,41?,46-,50?,61-/m0/s1. The van der Waals surface area contributed by atoms with Crippen molar-refractivity contribution in [3.63, 3.8) is 0 Å². The monoisotopic (exact) mass is 1220 g/mol. The SMILES string of the molecule is CC[C@@]1(O)C(=O)OCc2c1cc1n(c2=O)Cc2c-1nc1cc(F)c(C)c3c1c2[C@@H](NC(=O)[C@H](C)NC(=O)/C(=N/C(O)CCOCCOCCOCCOCCOCCOCCOCCOCCNC(=O)CCN1C(=O)CC(C(C)C)C1=O)C(C)C)CC3. The normalized spacial score (nSPS) is 18.7. The lowest BCUT2D eigenvalue weighted by molar-refractivity contribution is -0.172. The molecule has 26 heteroatoms. The molecule has 5 atom stereocenters. The second kappa shape index (κ2) is 32.9. The number of nitrogens with zero attached hydrogens (tertiary/aromatic N) is 4. The van der Waals surface area contributed by atoms with Gasteiger partial charge in [0.05, 0.1) is 141 Å². The second-order valence-corrected chi connectivity index (χ2v) is 22.5. The maximum atomic E-state index is 15.5. The fourth-order valence-corrected chi connectivity index (χ4v) is 10.9. The van der Waals surface area contributed by atoms with Gasteiger partial charge in [-0.1, -0.05) is 34.6 Å². The molecule has 5 amide bonds. The summed E-state index contributed by atoms with van der Waals surface area (Å²) in [5.41, 5.74) is 1.41. The number of carbonyl (C=O) groups is 6. The highest BCUT2D eigenvalue weighted by atomic mass is 19.1. The number of pyridine rings is 2. The number of ether oxygens (including phenoxy) is 9. The third kappa shape index (κ3) is 17.6. The van der Waals surface area contributed by atoms with Crippen molar-refractivity contribution in [3.05, 3.63) is 61.7 Å². The summed E-state index contributed by atoms with van der Waals surface area (Å²) in [6.45, 7) is 18.0. The van der Waals surface area contributed by atoms with Gasteiger partial charge in [0.1, 0.15) is 30.4 Å². The maximum absolute atomic E-state index is 15.5. The van der Waals surface area contributed by atoms with Crippen molar-refractivity contribution in [3.8, 4) is 11.4 Å². The number of hydrogen-bond acceptors (Lipinski definition) is 20. The zero-order valence-electron chi connectivity index (χ0n) is 51.1. The summed E-state index contributed by atoms with van der Waals surface area (Å²) in [6.07, 6.45) is -0.131. The highest BCUT2D eigenvalue weighted by Crippen LogP contribution is 2.46. The number of aliphatic hydroxyl groups is 2. The lowest BCUT2D eigenvalue weighted by Gasteiger charge is -2.31. The van der Waals surface area contributed by atoms with Crippen LogP contribution in [0.15, 0.2) is 21.9 Å². The van der Waals surface area contributed by atoms with E-state index in [1.54, 1.807) is 33.8 Å². The molecule has 1 saturated heterocycles. The first-order valence-electron chi connectivity index (χ1n) is 30.2. The van der Waals surface area contributed by atoms with Crippen molar-refractivity contribution in [2.24, 2.45) is 22.7 Å². The number of aromatic nitrogens is 2. The molecule has 3 aliphatic heterocycles. The summed E-state index contributed by atoms with van der Waals surface area (Å²) in [5, 5.41) is 31.4. The van der Waals surface area contributed by atoms with E-state index in [0.29, 0.717) is 151 Å². The van der Waals surface area contributed by atoms with Crippen molar-refractivity contribution < 1.29 is 86.0 Å². The molecular formula is C61H86FN7O18. The Morgan fingerprint density at radius 3 is 1.94 bits per heavy atom. The molecule has 87 heavy (non-hydrogen) atoms. The third-order valence-electron chi connectivity index (χ3n) is 15.8. The number of amides is 5. The van der Waals surface area contributed by atoms with Crippen LogP contribution in [-0.2, 0) is 96.6 Å². The van der Waals surface area contributed by atoms with E-state index in [0.717, 1.165) is 5.56 Å². The number of imide groups is 1. The summed E-state index contributed by atoms with van der Waals surface area (Å²) >= 11 is 0. The number of hydrogen-bond donors (Lipinski definition) is 5. The number of cyclic esters (lactones) is 1. The van der Waals surface area contributed by atoms with E-state index in [1.807, 2.05) is 13.8 Å². The minimum absolute atomic E-state index is 0.0357. The van der Waals surface area contributed by atoms with E-state index in [9.17, 15) is 43.8 Å². The molecule has 2 aromatic heterocycles. The lowest BCUT2D eigenvalue weighted by atomic mass is 9.81. The molecule has 5 heterocycles. The highest BCUT2D eigenvalue weighted by Gasteiger charge is 2.46. The Balaban J connectivity index is 0.697. The van der Waals surface area contributed by atoms with Gasteiger partial charge in [0.2, 0.25) is 23.6 Å². The van der Waals surface area contributed by atoms with Crippen molar-refractivity contribution in [2.75, 3.05) is 119 Å². The number of fused-ring (bicyclic) bond motifs is 5. The number of rotatable bonds is 38. The van der Waals surface area contributed by atoms with E-state index in [2.05, 4.69) is 20.9 Å². The first-order chi connectivity index (χ1) is 41.8. The predicted octanol–water partition coefficient (Wildman–Crippen LogP) is 2.61. The van der Waals surface area contributed by atoms with Crippen LogP contribution >= 0.6 is 0 Å². The van der Waals surface area contributed by atoms with Gasteiger partial charge < -0.3 is 73.4 Å². The average molecular weight is 1220 g/mol. The van der Waals surface area contributed by atoms with Gasteiger partial charge in [-0.3, -0.25) is 38.7 Å². The first-order valence-corrected chi connectivity index (χ1v) is 30.2. The van der Waals surface area contributed by atoms with Crippen LogP contribution in [0.1, 0.15) is 113 Å². The highest BCUT2D eigenvalue weighted by molar-refractivity contribution is 6.39. The number of carbonyl (C=O) groups excluding carboxylic acids is 6. The van der Waals surface area contributed by atoms with Gasteiger partial charge in [-0.15, -0.1) is 0 Å². The topological polar surface area (TPSA) is 313 Å². The number of benzene rings is 1. The van der Waals surface area contributed by atoms with Gasteiger partial charge in [-0.25, -0.2) is 14.2 Å². The second-order valence-electron chi connectivity index (χ2n) is 22.5. The molecule has 1 fully saturated rings. The summed E-state index contributed by atoms with van der Waals surface area (Å²) in [6, 6.07) is 1.25. The van der Waals surface area contributed by atoms with Gasteiger partial charge in [-0.2, -0.15) is 0 Å². The van der Waals surface area contributed by atoms with Crippen molar-refractivity contribution in [1.82, 2.24) is 30.4 Å². The van der Waals surface area contributed by atoms with E-state index < -0.39 is 59.0 Å². The minimum atomic E-state index is -2.04. The third-order valence-corrected chi connectivity index (χ3v) is 15.8. The van der Waals surface area contributed by atoms with Crippen LogP contribution in [0.5, 0.6) is 0 Å². The van der Waals surface area contributed by atoms with E-state index in [4.69, 9.17) is 47.6 Å². The largest absolute Gasteiger partial charge is 0.458 e. The average Bonchev–Trinajstić information content (AvgIpc) is 1.67. The summed E-state index contributed by atoms with van der Waals surface area (Å²) in [4.78, 5) is 101. The Hall–Kier alpha value is -6.20. The van der Waals surface area contributed by atoms with Crippen molar-refractivity contribution in [1.29, 1.82) is 0 Å². The van der Waals surface area contributed by atoms with E-state index in [1.165, 1.54) is 22.5 Å². The van der Waals surface area contributed by atoms with Crippen molar-refractivity contribution >= 4 is 52.1 Å². The quantitative estimate of drug-likeness (QED) is 0.0186. The van der Waals surface area contributed by atoms with Gasteiger partial charge >= 0.3 is 5.97 Å². The number of nitrogens with one attached hydrogen (secondary N) is 3. The summed E-state index contributed by atoms with van der Waals surface area (Å²) in [5.74, 6) is -3.74.